The van der Waals surface area contributed by atoms with Gasteiger partial charge in [0.1, 0.15) is 18.1 Å². The van der Waals surface area contributed by atoms with Gasteiger partial charge in [-0.2, -0.15) is 9.78 Å². The first-order valence-electron chi connectivity index (χ1n) is 8.01. The molecule has 0 aliphatic carbocycles. The molecule has 1 aliphatic rings. The number of nitrogens with zero attached hydrogens (tertiary/aromatic N) is 4. The van der Waals surface area contributed by atoms with Gasteiger partial charge in [-0.15, -0.1) is 10.2 Å². The monoisotopic (exact) mass is 420 g/mol. The van der Waals surface area contributed by atoms with Crippen LogP contribution < -0.4 is 9.47 Å². The average Bonchev–Trinajstić information content (AvgIpc) is 3.09. The van der Waals surface area contributed by atoms with Crippen LogP contribution in [0.3, 0.4) is 0 Å². The predicted octanol–water partition coefficient (Wildman–Crippen LogP) is 4.53. The second-order valence-corrected chi connectivity index (χ2v) is 7.42. The molecule has 0 saturated heterocycles. The molecule has 1 aromatic heterocycles. The standard InChI is InChI=1S/C18H14Cl2N4O2S/c1-25-12-3-5-13(6-4-12)26-9-17-21-22-18-24(17)23-16(10-27-18)14-7-2-11(19)8-15(14)20/h2-8H,9-10H2,1H3. The van der Waals surface area contributed by atoms with Crippen LogP contribution in [0.1, 0.15) is 11.4 Å². The zero-order chi connectivity index (χ0) is 18.8. The molecule has 9 heteroatoms. The Balaban J connectivity index is 1.56. The van der Waals surface area contributed by atoms with Crippen molar-refractivity contribution in [2.24, 2.45) is 5.10 Å². The molecular weight excluding hydrogens is 407 g/mol. The maximum Gasteiger partial charge on any atom is 0.212 e. The Morgan fingerprint density at radius 1 is 1.07 bits per heavy atom. The smallest absolute Gasteiger partial charge is 0.212 e. The molecule has 1 aliphatic heterocycles. The van der Waals surface area contributed by atoms with Crippen LogP contribution in [0, 0.1) is 0 Å². The topological polar surface area (TPSA) is 61.5 Å². The van der Waals surface area contributed by atoms with E-state index in [4.69, 9.17) is 32.7 Å². The predicted molar refractivity (Wildman–Crippen MR) is 106 cm³/mol. The van der Waals surface area contributed by atoms with Crippen LogP contribution >= 0.6 is 35.0 Å². The zero-order valence-corrected chi connectivity index (χ0v) is 16.6. The van der Waals surface area contributed by atoms with Crippen LogP contribution in [0.4, 0.5) is 0 Å². The molecular formula is C18H14Cl2N4O2S. The number of aromatic nitrogens is 3. The van der Waals surface area contributed by atoms with Crippen molar-refractivity contribution in [1.29, 1.82) is 0 Å². The van der Waals surface area contributed by atoms with Gasteiger partial charge >= 0.3 is 0 Å². The van der Waals surface area contributed by atoms with E-state index in [1.807, 2.05) is 30.3 Å². The first-order valence-corrected chi connectivity index (χ1v) is 9.75. The molecule has 2 heterocycles. The molecule has 0 saturated carbocycles. The number of benzene rings is 2. The van der Waals surface area contributed by atoms with E-state index >= 15 is 0 Å². The molecule has 3 aromatic rings. The lowest BCUT2D eigenvalue weighted by molar-refractivity contribution is 0.289. The van der Waals surface area contributed by atoms with E-state index in [-0.39, 0.29) is 6.61 Å². The Morgan fingerprint density at radius 3 is 2.59 bits per heavy atom. The Bertz CT molecular complexity index is 1010. The average molecular weight is 421 g/mol. The van der Waals surface area contributed by atoms with Gasteiger partial charge in [0.15, 0.2) is 5.82 Å². The van der Waals surface area contributed by atoms with E-state index in [1.54, 1.807) is 35.7 Å². The number of thioether (sulfide) groups is 1. The second-order valence-electron chi connectivity index (χ2n) is 5.63. The molecule has 2 aromatic carbocycles. The van der Waals surface area contributed by atoms with Gasteiger partial charge in [-0.1, -0.05) is 41.0 Å². The molecule has 0 radical (unpaired) electrons. The minimum Gasteiger partial charge on any atom is -0.497 e. The van der Waals surface area contributed by atoms with Gasteiger partial charge in [-0.25, -0.2) is 0 Å². The fraction of sp³-hybridized carbons (Fsp3) is 0.167. The first-order chi connectivity index (χ1) is 13.1. The molecule has 6 nitrogen and oxygen atoms in total. The SMILES string of the molecule is COc1ccc(OCc2nnc3n2N=C(c2ccc(Cl)cc2Cl)CS3)cc1. The highest BCUT2D eigenvalue weighted by Crippen LogP contribution is 2.28. The quantitative estimate of drug-likeness (QED) is 0.606. The minimum atomic E-state index is 0.241. The van der Waals surface area contributed by atoms with Crippen molar-refractivity contribution < 1.29 is 9.47 Å². The number of hydrogen-bond acceptors (Lipinski definition) is 6. The highest BCUT2D eigenvalue weighted by Gasteiger charge is 2.21. The summed E-state index contributed by atoms with van der Waals surface area (Å²) in [6.07, 6.45) is 0. The molecule has 0 atom stereocenters. The van der Waals surface area contributed by atoms with E-state index < -0.39 is 0 Å². The summed E-state index contributed by atoms with van der Waals surface area (Å²) in [4.78, 5) is 0. The van der Waals surface area contributed by atoms with Crippen LogP contribution in [-0.2, 0) is 6.61 Å². The second kappa shape index (κ2) is 7.80. The van der Waals surface area contributed by atoms with Crippen molar-refractivity contribution in [2.45, 2.75) is 11.8 Å². The van der Waals surface area contributed by atoms with Crippen molar-refractivity contribution in [3.8, 4) is 11.5 Å². The third-order valence-electron chi connectivity index (χ3n) is 3.90. The lowest BCUT2D eigenvalue weighted by Gasteiger charge is -2.15. The van der Waals surface area contributed by atoms with E-state index in [1.165, 1.54) is 0 Å². The first kappa shape index (κ1) is 18.2. The number of halogens is 2. The van der Waals surface area contributed by atoms with Gasteiger partial charge in [0, 0.05) is 16.3 Å². The number of fused-ring (bicyclic) bond motifs is 1. The lowest BCUT2D eigenvalue weighted by atomic mass is 10.1. The summed E-state index contributed by atoms with van der Waals surface area (Å²) in [5.74, 6) is 2.74. The normalized spacial score (nSPS) is 13.1. The van der Waals surface area contributed by atoms with Crippen LogP contribution in [0.5, 0.6) is 11.5 Å². The van der Waals surface area contributed by atoms with Gasteiger partial charge in [0.2, 0.25) is 5.16 Å². The number of ether oxygens (including phenoxy) is 2. The summed E-state index contributed by atoms with van der Waals surface area (Å²) in [5, 5.41) is 14.9. The fourth-order valence-corrected chi connectivity index (χ4v) is 3.90. The van der Waals surface area contributed by atoms with Crippen molar-refractivity contribution in [3.05, 3.63) is 63.9 Å². The van der Waals surface area contributed by atoms with Crippen molar-refractivity contribution in [2.75, 3.05) is 12.9 Å². The summed E-state index contributed by atoms with van der Waals surface area (Å²) in [5.41, 5.74) is 1.68. The van der Waals surface area contributed by atoms with Crippen molar-refractivity contribution in [3.63, 3.8) is 0 Å². The van der Waals surface area contributed by atoms with Gasteiger partial charge < -0.3 is 9.47 Å². The maximum absolute atomic E-state index is 6.32. The van der Waals surface area contributed by atoms with E-state index in [9.17, 15) is 0 Å². The molecule has 0 fully saturated rings. The molecule has 0 unspecified atom stereocenters. The van der Waals surface area contributed by atoms with Crippen molar-refractivity contribution in [1.82, 2.24) is 14.9 Å². The highest BCUT2D eigenvalue weighted by atomic mass is 35.5. The molecule has 0 bridgehead atoms. The Kier molecular flexibility index (Phi) is 5.24. The highest BCUT2D eigenvalue weighted by molar-refractivity contribution is 7.99. The van der Waals surface area contributed by atoms with Gasteiger partial charge in [0.05, 0.1) is 17.8 Å². The van der Waals surface area contributed by atoms with Gasteiger partial charge in [0.25, 0.3) is 0 Å². The molecule has 27 heavy (non-hydrogen) atoms. The number of rotatable bonds is 5. The number of hydrogen-bond donors (Lipinski definition) is 0. The van der Waals surface area contributed by atoms with Gasteiger partial charge in [-0.05, 0) is 36.4 Å². The Hall–Kier alpha value is -2.22. The van der Waals surface area contributed by atoms with E-state index in [0.717, 1.165) is 22.2 Å². The summed E-state index contributed by atoms with van der Waals surface area (Å²) in [6.45, 7) is 0.241. The summed E-state index contributed by atoms with van der Waals surface area (Å²) >= 11 is 13.9. The zero-order valence-electron chi connectivity index (χ0n) is 14.2. The van der Waals surface area contributed by atoms with Crippen LogP contribution in [-0.4, -0.2) is 33.4 Å². The molecule has 0 spiro atoms. The van der Waals surface area contributed by atoms with Crippen LogP contribution in [0.25, 0.3) is 0 Å². The number of methoxy groups -OCH3 is 1. The van der Waals surface area contributed by atoms with E-state index in [0.29, 0.717) is 27.4 Å². The minimum absolute atomic E-state index is 0.241. The molecule has 0 N–H and O–H groups in total. The molecule has 138 valence electrons. The van der Waals surface area contributed by atoms with Crippen molar-refractivity contribution >= 4 is 40.7 Å². The lowest BCUT2D eigenvalue weighted by Crippen LogP contribution is -2.15. The third kappa shape index (κ3) is 3.90. The Labute approximate surface area is 170 Å². The van der Waals surface area contributed by atoms with Crippen LogP contribution in [0.15, 0.2) is 52.7 Å². The van der Waals surface area contributed by atoms with E-state index in [2.05, 4.69) is 15.3 Å². The van der Waals surface area contributed by atoms with Crippen LogP contribution in [0.2, 0.25) is 10.0 Å². The van der Waals surface area contributed by atoms with Gasteiger partial charge in [-0.3, -0.25) is 0 Å². The summed E-state index contributed by atoms with van der Waals surface area (Å²) < 4.78 is 12.6. The Morgan fingerprint density at radius 2 is 1.85 bits per heavy atom. The fourth-order valence-electron chi connectivity index (χ4n) is 2.53. The molecule has 4 rings (SSSR count). The maximum atomic E-state index is 6.32. The molecule has 0 amide bonds. The largest absolute Gasteiger partial charge is 0.497 e. The summed E-state index contributed by atoms with van der Waals surface area (Å²) in [7, 11) is 1.62. The summed E-state index contributed by atoms with van der Waals surface area (Å²) in [6, 6.07) is 12.7. The third-order valence-corrected chi connectivity index (χ3v) is 5.38.